The average molecular weight is 343 g/mol. The third-order valence-corrected chi connectivity index (χ3v) is 4.19. The van der Waals surface area contributed by atoms with Gasteiger partial charge in [0.15, 0.2) is 5.69 Å². The molecule has 0 saturated carbocycles. The van der Waals surface area contributed by atoms with Crippen LogP contribution in [0, 0.1) is 0 Å². The van der Waals surface area contributed by atoms with Gasteiger partial charge in [0, 0.05) is 19.6 Å². The van der Waals surface area contributed by atoms with Gasteiger partial charge in [0.2, 0.25) is 11.7 Å². The van der Waals surface area contributed by atoms with E-state index in [1.807, 2.05) is 35.2 Å². The fourth-order valence-corrected chi connectivity index (χ4v) is 2.86. The summed E-state index contributed by atoms with van der Waals surface area (Å²) in [7, 11) is 0. The predicted octanol–water partition coefficient (Wildman–Crippen LogP) is 2.14. The van der Waals surface area contributed by atoms with Crippen LogP contribution in [0.3, 0.4) is 0 Å². The molecule has 0 atom stereocenters. The molecule has 25 heavy (non-hydrogen) atoms. The largest absolute Gasteiger partial charge is 0.481 e. The molecule has 0 amide bonds. The van der Waals surface area contributed by atoms with Crippen LogP contribution < -0.4 is 15.2 Å². The second kappa shape index (κ2) is 7.38. The molecule has 0 bridgehead atoms. The number of anilines is 1. The number of hydrogen-bond donors (Lipinski definition) is 1. The Hall–Kier alpha value is -2.83. The van der Waals surface area contributed by atoms with Crippen LogP contribution in [0.5, 0.6) is 5.75 Å². The summed E-state index contributed by atoms with van der Waals surface area (Å²) in [6, 6.07) is 9.30. The van der Waals surface area contributed by atoms with E-state index in [1.54, 1.807) is 0 Å². The molecule has 7 heteroatoms. The molecule has 132 valence electrons. The molecule has 1 aromatic heterocycles. The van der Waals surface area contributed by atoms with Crippen molar-refractivity contribution in [3.63, 3.8) is 0 Å². The van der Waals surface area contributed by atoms with Crippen molar-refractivity contribution in [1.82, 2.24) is 9.55 Å². The maximum absolute atomic E-state index is 12.7. The van der Waals surface area contributed by atoms with E-state index in [0.29, 0.717) is 19.0 Å². The first kappa shape index (κ1) is 17.0. The van der Waals surface area contributed by atoms with Crippen molar-refractivity contribution in [1.29, 1.82) is 0 Å². The first-order chi connectivity index (χ1) is 12.1. The van der Waals surface area contributed by atoms with E-state index in [9.17, 15) is 14.7 Å². The van der Waals surface area contributed by atoms with Gasteiger partial charge in [-0.25, -0.2) is 9.78 Å². The molecule has 3 rings (SSSR count). The predicted molar refractivity (Wildman–Crippen MR) is 93.4 cm³/mol. The molecule has 0 spiro atoms. The summed E-state index contributed by atoms with van der Waals surface area (Å²) in [6.07, 6.45) is 1.98. The number of benzene rings is 1. The van der Waals surface area contributed by atoms with Crippen LogP contribution in [0.15, 0.2) is 35.1 Å². The van der Waals surface area contributed by atoms with Crippen molar-refractivity contribution in [3.8, 4) is 5.75 Å². The number of nitrogens with zero attached hydrogens (tertiary/aromatic N) is 3. The third-order valence-electron chi connectivity index (χ3n) is 4.19. The number of ether oxygens (including phenoxy) is 1. The number of aromatic carboxylic acids is 1. The second-order valence-electron chi connectivity index (χ2n) is 5.97. The van der Waals surface area contributed by atoms with Gasteiger partial charge >= 0.3 is 5.97 Å². The highest BCUT2D eigenvalue weighted by atomic mass is 16.5. The van der Waals surface area contributed by atoms with Crippen LogP contribution >= 0.6 is 0 Å². The highest BCUT2D eigenvalue weighted by Crippen LogP contribution is 2.22. The lowest BCUT2D eigenvalue weighted by atomic mass is 10.2. The lowest BCUT2D eigenvalue weighted by molar-refractivity contribution is 0.0684. The Labute approximate surface area is 145 Å². The number of hydrogen-bond acceptors (Lipinski definition) is 5. The zero-order chi connectivity index (χ0) is 17.8. The monoisotopic (exact) mass is 343 g/mol. The van der Waals surface area contributed by atoms with Gasteiger partial charge in [-0.1, -0.05) is 43.7 Å². The number of unbranched alkanes of at least 4 members (excludes halogenated alkanes) is 1. The molecule has 1 N–H and O–H groups in total. The van der Waals surface area contributed by atoms with Gasteiger partial charge in [0.1, 0.15) is 6.61 Å². The van der Waals surface area contributed by atoms with Gasteiger partial charge in [-0.15, -0.1) is 0 Å². The number of carboxylic acid groups (broad SMARTS) is 1. The van der Waals surface area contributed by atoms with Crippen LogP contribution in [0.1, 0.15) is 35.8 Å². The molecular weight excluding hydrogens is 322 g/mol. The lowest BCUT2D eigenvalue weighted by Crippen LogP contribution is -2.27. The van der Waals surface area contributed by atoms with E-state index in [-0.39, 0.29) is 18.1 Å². The second-order valence-corrected chi connectivity index (χ2v) is 5.97. The van der Waals surface area contributed by atoms with E-state index in [1.165, 1.54) is 4.57 Å². The minimum Gasteiger partial charge on any atom is -0.481 e. The Morgan fingerprint density at radius 1 is 1.28 bits per heavy atom. The molecule has 0 fully saturated rings. The SMILES string of the molecule is CCCCN1CCn2c1nc(C(=O)O)c(OCc1ccccc1)c2=O. The first-order valence-corrected chi connectivity index (χ1v) is 8.41. The fraction of sp³-hybridized carbons (Fsp3) is 0.389. The zero-order valence-electron chi connectivity index (χ0n) is 14.1. The molecule has 1 aliphatic rings. The van der Waals surface area contributed by atoms with Crippen LogP contribution in [-0.2, 0) is 13.2 Å². The standard InChI is InChI=1S/C18H21N3O4/c1-2-3-9-20-10-11-21-16(22)15(14(17(23)24)19-18(20)21)25-12-13-7-5-4-6-8-13/h4-8H,2-3,9-12H2,1H3,(H,23,24). The van der Waals surface area contributed by atoms with Gasteiger partial charge in [-0.05, 0) is 12.0 Å². The maximum atomic E-state index is 12.7. The van der Waals surface area contributed by atoms with E-state index in [4.69, 9.17) is 4.74 Å². The Bertz CT molecular complexity index is 817. The molecule has 0 radical (unpaired) electrons. The Morgan fingerprint density at radius 3 is 2.72 bits per heavy atom. The Morgan fingerprint density at radius 2 is 2.04 bits per heavy atom. The van der Waals surface area contributed by atoms with Crippen molar-refractivity contribution < 1.29 is 14.6 Å². The number of carboxylic acids is 1. The summed E-state index contributed by atoms with van der Waals surface area (Å²) in [5.41, 5.74) is 0.0984. The molecule has 1 aromatic carbocycles. The fourth-order valence-electron chi connectivity index (χ4n) is 2.86. The normalized spacial score (nSPS) is 12.9. The van der Waals surface area contributed by atoms with Crippen molar-refractivity contribution in [2.75, 3.05) is 18.0 Å². The molecule has 0 saturated heterocycles. The molecule has 7 nitrogen and oxygen atoms in total. The van der Waals surface area contributed by atoms with Crippen LogP contribution in [0.25, 0.3) is 0 Å². The summed E-state index contributed by atoms with van der Waals surface area (Å²) < 4.78 is 7.06. The van der Waals surface area contributed by atoms with E-state index in [2.05, 4.69) is 11.9 Å². The zero-order valence-corrected chi connectivity index (χ0v) is 14.1. The van der Waals surface area contributed by atoms with Gasteiger partial charge in [-0.2, -0.15) is 0 Å². The molecular formula is C18H21N3O4. The number of rotatable bonds is 7. The number of carbonyl (C=O) groups is 1. The highest BCUT2D eigenvalue weighted by molar-refractivity contribution is 5.88. The number of aromatic nitrogens is 2. The van der Waals surface area contributed by atoms with Crippen LogP contribution in [-0.4, -0.2) is 33.7 Å². The van der Waals surface area contributed by atoms with Crippen LogP contribution in [0.2, 0.25) is 0 Å². The molecule has 0 aliphatic carbocycles. The Balaban J connectivity index is 1.93. The van der Waals surface area contributed by atoms with Gasteiger partial charge in [-0.3, -0.25) is 9.36 Å². The van der Waals surface area contributed by atoms with Crippen molar-refractivity contribution in [3.05, 3.63) is 51.9 Å². The lowest BCUT2D eigenvalue weighted by Gasteiger charge is -2.17. The molecule has 1 aliphatic heterocycles. The minimum absolute atomic E-state index is 0.122. The molecule has 2 aromatic rings. The Kier molecular flexibility index (Phi) is 5.02. The minimum atomic E-state index is -1.26. The maximum Gasteiger partial charge on any atom is 0.358 e. The summed E-state index contributed by atoms with van der Waals surface area (Å²) in [5.74, 6) is -1.04. The summed E-state index contributed by atoms with van der Waals surface area (Å²) in [5, 5.41) is 9.47. The van der Waals surface area contributed by atoms with E-state index < -0.39 is 11.5 Å². The number of fused-ring (bicyclic) bond motifs is 1. The smallest absolute Gasteiger partial charge is 0.358 e. The van der Waals surface area contributed by atoms with E-state index in [0.717, 1.165) is 24.9 Å². The van der Waals surface area contributed by atoms with Gasteiger partial charge < -0.3 is 14.7 Å². The van der Waals surface area contributed by atoms with Gasteiger partial charge in [0.25, 0.3) is 5.56 Å². The van der Waals surface area contributed by atoms with Crippen molar-refractivity contribution >= 4 is 11.9 Å². The molecule has 0 unspecified atom stereocenters. The van der Waals surface area contributed by atoms with Crippen LogP contribution in [0.4, 0.5) is 5.95 Å². The van der Waals surface area contributed by atoms with Gasteiger partial charge in [0.05, 0.1) is 0 Å². The topological polar surface area (TPSA) is 84.7 Å². The third kappa shape index (κ3) is 3.50. The highest BCUT2D eigenvalue weighted by Gasteiger charge is 2.28. The van der Waals surface area contributed by atoms with Crippen molar-refractivity contribution in [2.24, 2.45) is 0 Å². The molecule has 2 heterocycles. The summed E-state index contributed by atoms with van der Waals surface area (Å²) in [6.45, 7) is 4.11. The summed E-state index contributed by atoms with van der Waals surface area (Å²) >= 11 is 0. The quantitative estimate of drug-likeness (QED) is 0.829. The summed E-state index contributed by atoms with van der Waals surface area (Å²) in [4.78, 5) is 30.5. The van der Waals surface area contributed by atoms with E-state index >= 15 is 0 Å². The first-order valence-electron chi connectivity index (χ1n) is 8.41. The average Bonchev–Trinajstić information content (AvgIpc) is 3.03. The van der Waals surface area contributed by atoms with Crippen molar-refractivity contribution in [2.45, 2.75) is 32.9 Å².